The first-order valence-corrected chi connectivity index (χ1v) is 14.3. The molecule has 0 spiro atoms. The highest BCUT2D eigenvalue weighted by atomic mass is 35.5. The minimum atomic E-state index is -0.306. The van der Waals surface area contributed by atoms with Crippen LogP contribution in [0.4, 0.5) is 0 Å². The van der Waals surface area contributed by atoms with Gasteiger partial charge in [0.15, 0.2) is 5.16 Å². The van der Waals surface area contributed by atoms with Gasteiger partial charge in [-0.2, -0.15) is 0 Å². The third-order valence-corrected chi connectivity index (χ3v) is 8.80. The van der Waals surface area contributed by atoms with Crippen LogP contribution in [0, 0.1) is 5.92 Å². The maximum atomic E-state index is 13.7. The third-order valence-electron chi connectivity index (χ3n) is 7.52. The van der Waals surface area contributed by atoms with Gasteiger partial charge in [0.05, 0.1) is 10.9 Å². The number of amides is 2. The van der Waals surface area contributed by atoms with Crippen molar-refractivity contribution in [3.8, 4) is 0 Å². The number of thioether (sulfide) groups is 1. The van der Waals surface area contributed by atoms with Gasteiger partial charge in [-0.05, 0) is 61.6 Å². The molecule has 1 aliphatic carbocycles. The SMILES string of the molecule is NC(=O)C1CCN(C(=O)c2ccc3c(=O)n(C4CCCCC4)c(SCc4ccc(Cl)cc4)nc3c2)CC1. The maximum Gasteiger partial charge on any atom is 0.262 e. The van der Waals surface area contributed by atoms with Crippen LogP contribution in [0.5, 0.6) is 0 Å². The van der Waals surface area contributed by atoms with E-state index in [-0.39, 0.29) is 29.3 Å². The van der Waals surface area contributed by atoms with Gasteiger partial charge in [0.2, 0.25) is 5.91 Å². The molecule has 7 nitrogen and oxygen atoms in total. The van der Waals surface area contributed by atoms with Crippen molar-refractivity contribution in [1.29, 1.82) is 0 Å². The Bertz CT molecular complexity index is 1360. The van der Waals surface area contributed by atoms with E-state index in [0.717, 1.165) is 31.2 Å². The Labute approximate surface area is 225 Å². The number of carbonyl (C=O) groups excluding carboxylic acids is 2. The van der Waals surface area contributed by atoms with Crippen molar-refractivity contribution in [1.82, 2.24) is 14.5 Å². The number of fused-ring (bicyclic) bond motifs is 1. The van der Waals surface area contributed by atoms with E-state index in [9.17, 15) is 14.4 Å². The molecule has 1 saturated carbocycles. The van der Waals surface area contributed by atoms with Gasteiger partial charge in [0.25, 0.3) is 11.5 Å². The zero-order valence-corrected chi connectivity index (χ0v) is 22.3. The number of likely N-dealkylation sites (tertiary alicyclic amines) is 1. The van der Waals surface area contributed by atoms with Gasteiger partial charge in [-0.1, -0.05) is 54.8 Å². The average molecular weight is 539 g/mol. The van der Waals surface area contributed by atoms with Crippen LogP contribution in [-0.2, 0) is 10.5 Å². The van der Waals surface area contributed by atoms with Crippen molar-refractivity contribution in [3.05, 3.63) is 69.0 Å². The van der Waals surface area contributed by atoms with Crippen LogP contribution in [0.25, 0.3) is 10.9 Å². The second kappa shape index (κ2) is 11.3. The molecule has 2 heterocycles. The summed E-state index contributed by atoms with van der Waals surface area (Å²) in [5.74, 6) is 0.0639. The molecule has 0 unspecified atom stereocenters. The summed E-state index contributed by atoms with van der Waals surface area (Å²) in [6.07, 6.45) is 6.50. The molecule has 0 atom stereocenters. The van der Waals surface area contributed by atoms with E-state index in [0.29, 0.717) is 58.3 Å². The van der Waals surface area contributed by atoms with Crippen molar-refractivity contribution in [2.75, 3.05) is 13.1 Å². The van der Waals surface area contributed by atoms with E-state index in [4.69, 9.17) is 22.3 Å². The molecule has 2 amide bonds. The number of nitrogens with two attached hydrogens (primary N) is 1. The molecule has 0 radical (unpaired) electrons. The molecule has 2 aromatic carbocycles. The predicted octanol–water partition coefficient (Wildman–Crippen LogP) is 5.18. The number of piperidine rings is 1. The third kappa shape index (κ3) is 5.70. The standard InChI is InChI=1S/C28H31ClN4O3S/c29-21-9-6-18(7-10-21)17-37-28-31-24-16-20(26(35)32-14-12-19(13-15-32)25(30)34)8-11-23(24)27(36)33(28)22-4-2-1-3-5-22/h6-11,16,19,22H,1-5,12-15,17H2,(H2,30,34). The van der Waals surface area contributed by atoms with Gasteiger partial charge in [0.1, 0.15) is 0 Å². The number of halogens is 1. The fraction of sp³-hybridized carbons (Fsp3) is 0.429. The first-order valence-electron chi connectivity index (χ1n) is 12.9. The van der Waals surface area contributed by atoms with E-state index in [1.54, 1.807) is 34.9 Å². The van der Waals surface area contributed by atoms with E-state index < -0.39 is 0 Å². The van der Waals surface area contributed by atoms with Crippen LogP contribution in [0.15, 0.2) is 52.4 Å². The first kappa shape index (κ1) is 25.8. The summed E-state index contributed by atoms with van der Waals surface area (Å²) < 4.78 is 1.89. The lowest BCUT2D eigenvalue weighted by Gasteiger charge is -2.30. The Balaban J connectivity index is 1.46. The summed E-state index contributed by atoms with van der Waals surface area (Å²) in [6, 6.07) is 13.0. The van der Waals surface area contributed by atoms with E-state index in [1.807, 2.05) is 28.8 Å². The Hall–Kier alpha value is -2.84. The Morgan fingerprint density at radius 1 is 1.00 bits per heavy atom. The minimum Gasteiger partial charge on any atom is -0.369 e. The van der Waals surface area contributed by atoms with Crippen molar-refractivity contribution in [2.24, 2.45) is 11.7 Å². The Morgan fingerprint density at radius 3 is 2.38 bits per heavy atom. The van der Waals surface area contributed by atoms with Crippen LogP contribution in [0.3, 0.4) is 0 Å². The van der Waals surface area contributed by atoms with Crippen LogP contribution in [0.2, 0.25) is 5.02 Å². The average Bonchev–Trinajstić information content (AvgIpc) is 2.92. The summed E-state index contributed by atoms with van der Waals surface area (Å²) >= 11 is 7.59. The minimum absolute atomic E-state index is 0.0447. The summed E-state index contributed by atoms with van der Waals surface area (Å²) in [5, 5.41) is 1.91. The normalized spacial score (nSPS) is 17.3. The number of rotatable bonds is 6. The van der Waals surface area contributed by atoms with Crippen molar-refractivity contribution < 1.29 is 9.59 Å². The van der Waals surface area contributed by atoms with Crippen LogP contribution >= 0.6 is 23.4 Å². The molecular weight excluding hydrogens is 508 g/mol. The zero-order chi connectivity index (χ0) is 25.9. The van der Waals surface area contributed by atoms with Gasteiger partial charge in [-0.25, -0.2) is 4.98 Å². The number of hydrogen-bond donors (Lipinski definition) is 1. The number of primary amides is 1. The molecule has 2 N–H and O–H groups in total. The van der Waals surface area contributed by atoms with E-state index in [2.05, 4.69) is 0 Å². The molecule has 2 aliphatic rings. The van der Waals surface area contributed by atoms with E-state index in [1.165, 1.54) is 6.42 Å². The number of benzene rings is 2. The number of aromatic nitrogens is 2. The lowest BCUT2D eigenvalue weighted by molar-refractivity contribution is -0.123. The first-order chi connectivity index (χ1) is 17.9. The van der Waals surface area contributed by atoms with Crippen LogP contribution < -0.4 is 11.3 Å². The van der Waals surface area contributed by atoms with Gasteiger partial charge < -0.3 is 10.6 Å². The number of nitrogens with zero attached hydrogens (tertiary/aromatic N) is 3. The molecule has 1 aromatic heterocycles. The topological polar surface area (TPSA) is 98.3 Å². The Morgan fingerprint density at radius 2 is 1.70 bits per heavy atom. The molecule has 5 rings (SSSR count). The second-order valence-corrected chi connectivity index (χ2v) is 11.4. The monoisotopic (exact) mass is 538 g/mol. The van der Waals surface area contributed by atoms with Crippen LogP contribution in [0.1, 0.15) is 66.9 Å². The number of carbonyl (C=O) groups is 2. The number of hydrogen-bond acceptors (Lipinski definition) is 5. The molecule has 194 valence electrons. The Kier molecular flexibility index (Phi) is 7.86. The fourth-order valence-corrected chi connectivity index (χ4v) is 6.50. The van der Waals surface area contributed by atoms with Gasteiger partial charge in [-0.15, -0.1) is 0 Å². The maximum absolute atomic E-state index is 13.7. The zero-order valence-electron chi connectivity index (χ0n) is 20.7. The quantitative estimate of drug-likeness (QED) is 0.344. The lowest BCUT2D eigenvalue weighted by atomic mass is 9.95. The fourth-order valence-electron chi connectivity index (χ4n) is 5.35. The van der Waals surface area contributed by atoms with E-state index >= 15 is 0 Å². The summed E-state index contributed by atoms with van der Waals surface area (Å²) in [7, 11) is 0. The smallest absolute Gasteiger partial charge is 0.262 e. The molecule has 3 aromatic rings. The molecule has 9 heteroatoms. The summed E-state index contributed by atoms with van der Waals surface area (Å²) in [5.41, 5.74) is 7.53. The highest BCUT2D eigenvalue weighted by Crippen LogP contribution is 2.32. The van der Waals surface area contributed by atoms with Crippen LogP contribution in [-0.4, -0.2) is 39.4 Å². The molecule has 1 aliphatic heterocycles. The highest BCUT2D eigenvalue weighted by molar-refractivity contribution is 7.98. The van der Waals surface area contributed by atoms with Gasteiger partial charge >= 0.3 is 0 Å². The molecule has 2 fully saturated rings. The second-order valence-electron chi connectivity index (χ2n) is 9.98. The molecule has 1 saturated heterocycles. The van der Waals surface area contributed by atoms with Gasteiger partial charge in [0, 0.05) is 41.4 Å². The van der Waals surface area contributed by atoms with Crippen molar-refractivity contribution >= 4 is 46.1 Å². The lowest BCUT2D eigenvalue weighted by Crippen LogP contribution is -2.41. The molecule has 0 bridgehead atoms. The highest BCUT2D eigenvalue weighted by Gasteiger charge is 2.27. The summed E-state index contributed by atoms with van der Waals surface area (Å²) in [4.78, 5) is 45.1. The molecular formula is C28H31ClN4O3S. The predicted molar refractivity (Wildman–Crippen MR) is 147 cm³/mol. The summed E-state index contributed by atoms with van der Waals surface area (Å²) in [6.45, 7) is 0.979. The largest absolute Gasteiger partial charge is 0.369 e. The molecule has 37 heavy (non-hydrogen) atoms. The van der Waals surface area contributed by atoms with Crippen molar-refractivity contribution in [3.63, 3.8) is 0 Å². The van der Waals surface area contributed by atoms with Crippen molar-refractivity contribution in [2.45, 2.75) is 61.9 Å². The van der Waals surface area contributed by atoms with Gasteiger partial charge in [-0.3, -0.25) is 19.0 Å².